The zero-order valence-electron chi connectivity index (χ0n) is 16.1. The number of carbonyl (C=O) groups is 3. The summed E-state index contributed by atoms with van der Waals surface area (Å²) < 4.78 is 10.7. The summed E-state index contributed by atoms with van der Waals surface area (Å²) in [5, 5.41) is 5.21. The molecule has 0 saturated carbocycles. The summed E-state index contributed by atoms with van der Waals surface area (Å²) >= 11 is 0. The van der Waals surface area contributed by atoms with Crippen LogP contribution in [-0.2, 0) is 11.3 Å². The molecule has 3 amide bonds. The highest BCUT2D eigenvalue weighted by molar-refractivity contribution is 5.96. The Balaban J connectivity index is 1.95. The first-order valence-corrected chi connectivity index (χ1v) is 8.80. The minimum absolute atomic E-state index is 0.225. The van der Waals surface area contributed by atoms with Crippen molar-refractivity contribution < 1.29 is 23.9 Å². The highest BCUT2D eigenvalue weighted by Gasteiger charge is 2.11. The van der Waals surface area contributed by atoms with Crippen LogP contribution in [0.15, 0.2) is 55.1 Å². The number of nitrogens with two attached hydrogens (primary N) is 1. The third-order valence-electron chi connectivity index (χ3n) is 3.87. The molecule has 2 aromatic rings. The van der Waals surface area contributed by atoms with E-state index in [1.54, 1.807) is 48.5 Å². The van der Waals surface area contributed by atoms with Gasteiger partial charge < -0.3 is 25.8 Å². The van der Waals surface area contributed by atoms with Crippen molar-refractivity contribution in [2.75, 3.05) is 20.3 Å². The first-order chi connectivity index (χ1) is 13.9. The van der Waals surface area contributed by atoms with E-state index in [2.05, 4.69) is 17.2 Å². The number of carbonyl (C=O) groups excluding carboxylic acids is 3. The molecule has 0 saturated heterocycles. The van der Waals surface area contributed by atoms with Crippen molar-refractivity contribution in [3.05, 3.63) is 71.8 Å². The molecule has 0 aliphatic carbocycles. The van der Waals surface area contributed by atoms with Gasteiger partial charge in [0, 0.05) is 17.7 Å². The molecular formula is C21H23N3O5. The van der Waals surface area contributed by atoms with Crippen LogP contribution in [0.3, 0.4) is 0 Å². The second-order valence-corrected chi connectivity index (χ2v) is 5.99. The number of ether oxygens (including phenoxy) is 2. The molecule has 2 rings (SSSR count). The summed E-state index contributed by atoms with van der Waals surface area (Å²) in [5.74, 6) is -0.318. The molecule has 0 aliphatic rings. The Hall–Kier alpha value is -3.81. The van der Waals surface area contributed by atoms with E-state index in [4.69, 9.17) is 15.2 Å². The number of nitrogens with one attached hydrogen (secondary N) is 2. The van der Waals surface area contributed by atoms with Gasteiger partial charge in [0.25, 0.3) is 11.8 Å². The number of hydrogen-bond acceptors (Lipinski definition) is 5. The van der Waals surface area contributed by atoms with Crippen molar-refractivity contribution >= 4 is 17.7 Å². The molecule has 0 heterocycles. The zero-order chi connectivity index (χ0) is 21.2. The highest BCUT2D eigenvalue weighted by Crippen LogP contribution is 2.28. The average Bonchev–Trinajstić information content (AvgIpc) is 2.74. The van der Waals surface area contributed by atoms with Crippen molar-refractivity contribution in [1.82, 2.24) is 10.6 Å². The molecule has 0 unspecified atom stereocenters. The minimum Gasteiger partial charge on any atom is -0.493 e. The zero-order valence-corrected chi connectivity index (χ0v) is 16.1. The van der Waals surface area contributed by atoms with Crippen LogP contribution in [0.4, 0.5) is 0 Å². The second-order valence-electron chi connectivity index (χ2n) is 5.99. The Morgan fingerprint density at radius 1 is 1.00 bits per heavy atom. The predicted octanol–water partition coefficient (Wildman–Crippen LogP) is 1.41. The normalized spacial score (nSPS) is 9.97. The van der Waals surface area contributed by atoms with E-state index in [9.17, 15) is 14.4 Å². The fourth-order valence-corrected chi connectivity index (χ4v) is 2.40. The Morgan fingerprint density at radius 2 is 1.66 bits per heavy atom. The predicted molar refractivity (Wildman–Crippen MR) is 108 cm³/mol. The number of amides is 3. The van der Waals surface area contributed by atoms with Crippen molar-refractivity contribution in [2.24, 2.45) is 5.73 Å². The van der Waals surface area contributed by atoms with Crippen LogP contribution in [0.25, 0.3) is 0 Å². The number of hydrogen-bond donors (Lipinski definition) is 3. The van der Waals surface area contributed by atoms with Gasteiger partial charge in [0.05, 0.1) is 13.7 Å². The van der Waals surface area contributed by atoms with Crippen molar-refractivity contribution in [3.8, 4) is 11.5 Å². The van der Waals surface area contributed by atoms with Crippen LogP contribution in [0.1, 0.15) is 26.3 Å². The van der Waals surface area contributed by atoms with Crippen LogP contribution in [0.5, 0.6) is 11.5 Å². The number of methoxy groups -OCH3 is 1. The van der Waals surface area contributed by atoms with Gasteiger partial charge in [-0.2, -0.15) is 0 Å². The molecule has 0 spiro atoms. The molecule has 2 aromatic carbocycles. The van der Waals surface area contributed by atoms with Gasteiger partial charge in [-0.3, -0.25) is 14.4 Å². The molecule has 0 atom stereocenters. The van der Waals surface area contributed by atoms with Crippen molar-refractivity contribution in [3.63, 3.8) is 0 Å². The molecule has 152 valence electrons. The van der Waals surface area contributed by atoms with Gasteiger partial charge in [0.1, 0.15) is 6.61 Å². The Morgan fingerprint density at radius 3 is 2.28 bits per heavy atom. The fraction of sp³-hybridized carbons (Fsp3) is 0.190. The summed E-state index contributed by atoms with van der Waals surface area (Å²) in [6.45, 7) is 3.97. The minimum atomic E-state index is -0.616. The van der Waals surface area contributed by atoms with E-state index in [1.807, 2.05) is 0 Å². The standard InChI is InChI=1S/C21H23N3O5/c1-3-10-29-17-9-8-16(11-18(17)28-2)21(27)23-12-14-4-6-15(7-5-14)20(26)24-13-19(22)25/h3-9,11H,1,10,12-13H2,2H3,(H2,22,25)(H,23,27)(H,24,26). The summed E-state index contributed by atoms with van der Waals surface area (Å²) in [6.07, 6.45) is 1.62. The lowest BCUT2D eigenvalue weighted by Crippen LogP contribution is -2.33. The number of rotatable bonds is 10. The lowest BCUT2D eigenvalue weighted by Gasteiger charge is -2.11. The molecule has 0 radical (unpaired) electrons. The summed E-state index contributed by atoms with van der Waals surface area (Å²) in [6, 6.07) is 11.5. The van der Waals surface area contributed by atoms with Crippen molar-refractivity contribution in [1.29, 1.82) is 0 Å². The summed E-state index contributed by atoms with van der Waals surface area (Å²) in [7, 11) is 1.50. The van der Waals surface area contributed by atoms with E-state index in [-0.39, 0.29) is 19.0 Å². The van der Waals surface area contributed by atoms with Crippen molar-refractivity contribution in [2.45, 2.75) is 6.54 Å². The molecule has 0 aliphatic heterocycles. The molecule has 0 fully saturated rings. The molecule has 8 heteroatoms. The number of primary amides is 1. The van der Waals surface area contributed by atoms with Gasteiger partial charge in [-0.1, -0.05) is 24.8 Å². The highest BCUT2D eigenvalue weighted by atomic mass is 16.5. The quantitative estimate of drug-likeness (QED) is 0.524. The van der Waals surface area contributed by atoms with Crippen LogP contribution in [0.2, 0.25) is 0 Å². The third-order valence-corrected chi connectivity index (χ3v) is 3.87. The molecule has 0 aromatic heterocycles. The van der Waals surface area contributed by atoms with E-state index in [0.29, 0.717) is 29.2 Å². The van der Waals surface area contributed by atoms with Gasteiger partial charge in [-0.15, -0.1) is 0 Å². The largest absolute Gasteiger partial charge is 0.493 e. The fourth-order valence-electron chi connectivity index (χ4n) is 2.40. The maximum Gasteiger partial charge on any atom is 0.251 e. The van der Waals surface area contributed by atoms with Crippen LogP contribution in [0, 0.1) is 0 Å². The first kappa shape index (κ1) is 21.5. The molecule has 29 heavy (non-hydrogen) atoms. The maximum atomic E-state index is 12.4. The van der Waals surface area contributed by atoms with Gasteiger partial charge in [-0.05, 0) is 35.9 Å². The monoisotopic (exact) mass is 397 g/mol. The van der Waals surface area contributed by atoms with Crippen LogP contribution < -0.4 is 25.8 Å². The molecule has 8 nitrogen and oxygen atoms in total. The Bertz CT molecular complexity index is 894. The lowest BCUT2D eigenvalue weighted by atomic mass is 10.1. The average molecular weight is 397 g/mol. The first-order valence-electron chi connectivity index (χ1n) is 8.80. The SMILES string of the molecule is C=CCOc1ccc(C(=O)NCc2ccc(C(=O)NCC(N)=O)cc2)cc1OC. The molecule has 0 bridgehead atoms. The second kappa shape index (κ2) is 10.5. The van der Waals surface area contributed by atoms with Crippen LogP contribution in [-0.4, -0.2) is 38.0 Å². The van der Waals surface area contributed by atoms with Gasteiger partial charge >= 0.3 is 0 Å². The van der Waals surface area contributed by atoms with Gasteiger partial charge in [0.15, 0.2) is 11.5 Å². The summed E-state index contributed by atoms with van der Waals surface area (Å²) in [4.78, 5) is 35.0. The van der Waals surface area contributed by atoms with E-state index >= 15 is 0 Å². The van der Waals surface area contributed by atoms with Gasteiger partial charge in [0.2, 0.25) is 5.91 Å². The third kappa shape index (κ3) is 6.39. The topological polar surface area (TPSA) is 120 Å². The van der Waals surface area contributed by atoms with E-state index in [0.717, 1.165) is 5.56 Å². The smallest absolute Gasteiger partial charge is 0.251 e. The number of benzene rings is 2. The van der Waals surface area contributed by atoms with E-state index < -0.39 is 11.8 Å². The molecular weight excluding hydrogens is 374 g/mol. The summed E-state index contributed by atoms with van der Waals surface area (Å²) in [5.41, 5.74) is 6.62. The van der Waals surface area contributed by atoms with Gasteiger partial charge in [-0.25, -0.2) is 0 Å². The Kier molecular flexibility index (Phi) is 7.78. The lowest BCUT2D eigenvalue weighted by molar-refractivity contribution is -0.117. The molecule has 4 N–H and O–H groups in total. The Labute approximate surface area is 168 Å². The van der Waals surface area contributed by atoms with E-state index in [1.165, 1.54) is 7.11 Å². The van der Waals surface area contributed by atoms with Crippen LogP contribution >= 0.6 is 0 Å². The maximum absolute atomic E-state index is 12.4.